The van der Waals surface area contributed by atoms with E-state index in [-0.39, 0.29) is 17.3 Å². The van der Waals surface area contributed by atoms with Crippen LogP contribution in [0.3, 0.4) is 0 Å². The first-order valence-corrected chi connectivity index (χ1v) is 15.3. The summed E-state index contributed by atoms with van der Waals surface area (Å²) in [5.74, 6) is 0.893. The first-order chi connectivity index (χ1) is 21.5. The molecule has 6 N–H and O–H groups in total. The summed E-state index contributed by atoms with van der Waals surface area (Å²) in [6.45, 7) is 2.47. The molecule has 0 radical (unpaired) electrons. The van der Waals surface area contributed by atoms with Crippen molar-refractivity contribution in [1.29, 1.82) is 0 Å². The number of aliphatic hydroxyl groups is 2. The van der Waals surface area contributed by atoms with Gasteiger partial charge < -0.3 is 35.7 Å². The van der Waals surface area contributed by atoms with Crippen LogP contribution in [0.15, 0.2) is 102 Å². The number of nitrogens with one attached hydrogen (secondary N) is 3. The molecule has 9 nitrogen and oxygen atoms in total. The molecule has 1 atom stereocenters. The quantitative estimate of drug-likeness (QED) is 0.0544. The third-order valence-electron chi connectivity index (χ3n) is 7.32. The second kappa shape index (κ2) is 14.9. The molecule has 1 amide bonds. The minimum atomic E-state index is -1.49. The van der Waals surface area contributed by atoms with Crippen LogP contribution < -0.4 is 16.0 Å². The van der Waals surface area contributed by atoms with E-state index < -0.39 is 11.7 Å². The third kappa shape index (κ3) is 7.60. The number of amides is 1. The Hall–Kier alpha value is -4.32. The highest BCUT2D eigenvalue weighted by Crippen LogP contribution is 2.36. The van der Waals surface area contributed by atoms with Crippen molar-refractivity contribution >= 4 is 23.4 Å². The largest absolute Gasteiger partial charge is 0.506 e. The second-order valence-corrected chi connectivity index (χ2v) is 11.6. The van der Waals surface area contributed by atoms with E-state index in [1.54, 1.807) is 29.7 Å². The molecule has 5 aromatic rings. The molecule has 0 spiro atoms. The topological polar surface area (TPSA) is 140 Å². The average molecular weight is 613 g/mol. The molecule has 0 aliphatic heterocycles. The molecule has 0 aliphatic rings. The number of phenolic OH excluding ortho intramolecular Hbond substituents is 1. The van der Waals surface area contributed by atoms with Crippen LogP contribution in [-0.2, 0) is 29.8 Å². The number of phenols is 1. The van der Waals surface area contributed by atoms with Crippen molar-refractivity contribution in [2.75, 3.05) is 25.0 Å². The molecule has 228 valence electrons. The number of aromatic hydroxyl groups is 1. The van der Waals surface area contributed by atoms with E-state index in [0.717, 1.165) is 13.0 Å². The van der Waals surface area contributed by atoms with Gasteiger partial charge in [-0.25, -0.2) is 4.98 Å². The zero-order valence-electron chi connectivity index (χ0n) is 24.1. The van der Waals surface area contributed by atoms with Gasteiger partial charge in [-0.15, -0.1) is 11.3 Å². The second-order valence-electron chi connectivity index (χ2n) is 10.4. The number of thiophene rings is 1. The van der Waals surface area contributed by atoms with Gasteiger partial charge >= 0.3 is 0 Å². The molecular weight excluding hydrogens is 576 g/mol. The zero-order chi connectivity index (χ0) is 30.8. The van der Waals surface area contributed by atoms with Crippen LogP contribution in [0.4, 0.5) is 5.69 Å². The normalized spacial score (nSPS) is 12.2. The van der Waals surface area contributed by atoms with Crippen molar-refractivity contribution in [3.63, 3.8) is 0 Å². The maximum atomic E-state index is 11.8. The Balaban J connectivity index is 1.06. The summed E-state index contributed by atoms with van der Waals surface area (Å²) >= 11 is 1.74. The summed E-state index contributed by atoms with van der Waals surface area (Å²) in [4.78, 5) is 17.6. The number of benzene rings is 3. The van der Waals surface area contributed by atoms with E-state index in [1.165, 1.54) is 15.8 Å². The number of anilines is 1. The molecule has 44 heavy (non-hydrogen) atoms. The maximum absolute atomic E-state index is 11.8. The van der Waals surface area contributed by atoms with Crippen LogP contribution >= 0.6 is 11.3 Å². The summed E-state index contributed by atoms with van der Waals surface area (Å²) in [5.41, 5.74) is 0.765. The van der Waals surface area contributed by atoms with E-state index in [2.05, 4.69) is 33.1 Å². The van der Waals surface area contributed by atoms with Crippen LogP contribution in [0.25, 0.3) is 0 Å². The van der Waals surface area contributed by atoms with Crippen molar-refractivity contribution in [1.82, 2.24) is 15.6 Å². The number of nitrogens with zero attached hydrogens (tertiary/aromatic N) is 1. The molecular formula is C34H36N4O5S. The standard InChI is InChI=1S/C34H36N4O5S/c39-23-38-30-19-24(11-14-31(30)40)32(41)22-36-18-16-28-12-13-29(44-28)21-35-17-15-27-20-37-33(43-27)34(42,25-7-3-1-4-8-25)26-9-5-2-6-10-26/h1-14,19-20,23,32,35-36,40-42H,15-18,21-22H2,(H,38,39)/t32-/m0/s1. The first-order valence-electron chi connectivity index (χ1n) is 14.5. The molecule has 0 saturated carbocycles. The van der Waals surface area contributed by atoms with E-state index in [0.29, 0.717) is 54.9 Å². The van der Waals surface area contributed by atoms with Gasteiger partial charge in [-0.3, -0.25) is 4.79 Å². The van der Waals surface area contributed by atoms with Gasteiger partial charge in [-0.1, -0.05) is 66.7 Å². The number of carbonyl (C=O) groups is 1. The number of aliphatic hydroxyl groups excluding tert-OH is 1. The zero-order valence-corrected chi connectivity index (χ0v) is 25.0. The lowest BCUT2D eigenvalue weighted by molar-refractivity contribution is -0.105. The molecule has 0 aliphatic carbocycles. The van der Waals surface area contributed by atoms with Gasteiger partial charge in [0.25, 0.3) is 0 Å². The summed E-state index contributed by atoms with van der Waals surface area (Å²) in [6, 6.07) is 27.7. The predicted octanol–water partition coefficient (Wildman–Crippen LogP) is 4.49. The average Bonchev–Trinajstić information content (AvgIpc) is 3.73. The number of aromatic nitrogens is 1. The molecule has 0 unspecified atom stereocenters. The molecule has 3 aromatic carbocycles. The molecule has 0 fully saturated rings. The lowest BCUT2D eigenvalue weighted by atomic mass is 9.86. The Morgan fingerprint density at radius 1 is 0.886 bits per heavy atom. The molecule has 0 saturated heterocycles. The molecule has 5 rings (SSSR count). The maximum Gasteiger partial charge on any atom is 0.235 e. The van der Waals surface area contributed by atoms with Crippen molar-refractivity contribution < 1.29 is 24.5 Å². The van der Waals surface area contributed by atoms with E-state index in [9.17, 15) is 20.1 Å². The van der Waals surface area contributed by atoms with Crippen molar-refractivity contribution in [2.45, 2.75) is 31.1 Å². The molecule has 10 heteroatoms. The van der Waals surface area contributed by atoms with Crippen LogP contribution in [-0.4, -0.2) is 46.3 Å². The Morgan fingerprint density at radius 2 is 1.57 bits per heavy atom. The Morgan fingerprint density at radius 3 is 2.27 bits per heavy atom. The number of hydrogen-bond acceptors (Lipinski definition) is 9. The van der Waals surface area contributed by atoms with Crippen molar-refractivity contribution in [3.8, 4) is 5.75 Å². The van der Waals surface area contributed by atoms with E-state index in [4.69, 9.17) is 4.42 Å². The fourth-order valence-electron chi connectivity index (χ4n) is 4.95. The van der Waals surface area contributed by atoms with Crippen LogP contribution in [0.1, 0.15) is 44.2 Å². The van der Waals surface area contributed by atoms with Gasteiger partial charge in [0.05, 0.1) is 18.0 Å². The summed E-state index contributed by atoms with van der Waals surface area (Å²) in [5, 5.41) is 41.2. The smallest absolute Gasteiger partial charge is 0.235 e. The molecule has 2 aromatic heterocycles. The predicted molar refractivity (Wildman–Crippen MR) is 171 cm³/mol. The highest BCUT2D eigenvalue weighted by molar-refractivity contribution is 7.11. The van der Waals surface area contributed by atoms with Crippen molar-refractivity contribution in [3.05, 3.63) is 135 Å². The number of oxazole rings is 1. The van der Waals surface area contributed by atoms with Crippen LogP contribution in [0.5, 0.6) is 5.75 Å². The lowest BCUT2D eigenvalue weighted by Gasteiger charge is -2.26. The SMILES string of the molecule is O=CNc1cc([C@@H](O)CNCCc2ccc(CNCCc3cnc(C(O)(c4ccccc4)c4ccccc4)o3)s2)ccc1O. The van der Waals surface area contributed by atoms with Gasteiger partial charge in [-0.2, -0.15) is 0 Å². The fraction of sp³-hybridized carbons (Fsp3) is 0.235. The minimum Gasteiger partial charge on any atom is -0.506 e. The van der Waals surface area contributed by atoms with Crippen molar-refractivity contribution in [2.24, 2.45) is 0 Å². The number of carbonyl (C=O) groups excluding carboxylic acids is 1. The van der Waals surface area contributed by atoms with Gasteiger partial charge in [0.2, 0.25) is 12.3 Å². The number of hydrogen-bond donors (Lipinski definition) is 6. The Kier molecular flexibility index (Phi) is 10.5. The first kappa shape index (κ1) is 31.1. The van der Waals surface area contributed by atoms with Crippen LogP contribution in [0.2, 0.25) is 0 Å². The summed E-state index contributed by atoms with van der Waals surface area (Å²) < 4.78 is 6.08. The Labute approximate surface area is 260 Å². The lowest BCUT2D eigenvalue weighted by Crippen LogP contribution is -2.29. The van der Waals surface area contributed by atoms with E-state index in [1.807, 2.05) is 60.7 Å². The third-order valence-corrected chi connectivity index (χ3v) is 8.46. The van der Waals surface area contributed by atoms with Gasteiger partial charge in [-0.05, 0) is 47.4 Å². The van der Waals surface area contributed by atoms with Crippen LogP contribution in [0, 0.1) is 0 Å². The highest BCUT2D eigenvalue weighted by atomic mass is 32.1. The highest BCUT2D eigenvalue weighted by Gasteiger charge is 2.38. The van der Waals surface area contributed by atoms with Gasteiger partial charge in [0.1, 0.15) is 11.5 Å². The minimum absolute atomic E-state index is 0.0495. The molecule has 2 heterocycles. The summed E-state index contributed by atoms with van der Waals surface area (Å²) in [6.07, 6.45) is 2.86. The monoisotopic (exact) mass is 612 g/mol. The summed E-state index contributed by atoms with van der Waals surface area (Å²) in [7, 11) is 0. The van der Waals surface area contributed by atoms with Gasteiger partial charge in [0, 0.05) is 42.4 Å². The Bertz CT molecular complexity index is 1580. The van der Waals surface area contributed by atoms with E-state index >= 15 is 0 Å². The molecule has 0 bridgehead atoms. The fourth-order valence-corrected chi connectivity index (χ4v) is 5.93. The number of rotatable bonds is 16. The van der Waals surface area contributed by atoms with Gasteiger partial charge in [0.15, 0.2) is 5.60 Å².